The lowest BCUT2D eigenvalue weighted by Gasteiger charge is -2.12. The molecule has 0 bridgehead atoms. The Balaban J connectivity index is 1.62. The van der Waals surface area contributed by atoms with Gasteiger partial charge in [-0.3, -0.25) is 4.68 Å². The second kappa shape index (κ2) is 9.21. The number of hydrogen-bond donors (Lipinski definition) is 2. The first-order valence-electron chi connectivity index (χ1n) is 9.80. The molecule has 2 aromatic heterocycles. The van der Waals surface area contributed by atoms with E-state index in [9.17, 15) is 4.39 Å². The molecule has 31 heavy (non-hydrogen) atoms. The molecule has 0 aliphatic rings. The molecular weight excluding hydrogens is 397 g/mol. The number of fused-ring (bicyclic) bond motifs is 1. The fraction of sp³-hybridized carbons (Fsp3) is 0.182. The zero-order valence-corrected chi connectivity index (χ0v) is 17.2. The van der Waals surface area contributed by atoms with Crippen molar-refractivity contribution in [3.8, 4) is 0 Å². The molecule has 2 N–H and O–H groups in total. The van der Waals surface area contributed by atoms with Gasteiger partial charge in [0, 0.05) is 17.6 Å². The Bertz CT molecular complexity index is 1220. The van der Waals surface area contributed by atoms with E-state index in [4.69, 9.17) is 4.84 Å². The minimum atomic E-state index is -0.255. The Morgan fingerprint density at radius 3 is 2.84 bits per heavy atom. The van der Waals surface area contributed by atoms with Crippen molar-refractivity contribution >= 4 is 34.4 Å². The van der Waals surface area contributed by atoms with Gasteiger partial charge in [0.2, 0.25) is 0 Å². The molecule has 0 saturated heterocycles. The second-order valence-corrected chi connectivity index (χ2v) is 6.76. The summed E-state index contributed by atoms with van der Waals surface area (Å²) in [6.07, 6.45) is 4.84. The van der Waals surface area contributed by atoms with Crippen molar-refractivity contribution in [3.05, 3.63) is 71.9 Å². The summed E-state index contributed by atoms with van der Waals surface area (Å²) in [4.78, 5) is 13.5. The van der Waals surface area contributed by atoms with Crippen LogP contribution in [0.1, 0.15) is 18.1 Å². The smallest absolute Gasteiger partial charge is 0.144 e. The van der Waals surface area contributed by atoms with Gasteiger partial charge in [-0.1, -0.05) is 17.3 Å². The fourth-order valence-electron chi connectivity index (χ4n) is 3.27. The predicted octanol–water partition coefficient (Wildman–Crippen LogP) is 4.17. The van der Waals surface area contributed by atoms with E-state index in [0.717, 1.165) is 22.2 Å². The molecule has 0 fully saturated rings. The van der Waals surface area contributed by atoms with E-state index < -0.39 is 0 Å². The van der Waals surface area contributed by atoms with Crippen LogP contribution in [0.25, 0.3) is 10.9 Å². The largest absolute Gasteiger partial charge is 0.399 e. The number of benzene rings is 2. The zero-order valence-electron chi connectivity index (χ0n) is 17.2. The summed E-state index contributed by atoms with van der Waals surface area (Å²) < 4.78 is 15.3. The number of aromatic nitrogens is 4. The van der Waals surface area contributed by atoms with Crippen molar-refractivity contribution in [1.82, 2.24) is 19.7 Å². The first-order valence-corrected chi connectivity index (χ1v) is 9.80. The molecule has 0 unspecified atom stereocenters. The second-order valence-electron chi connectivity index (χ2n) is 6.76. The third-order valence-electron chi connectivity index (χ3n) is 4.64. The average Bonchev–Trinajstić information content (AvgIpc) is 3.15. The normalized spacial score (nSPS) is 11.2. The number of nitrogens with one attached hydrogen (secondary N) is 2. The lowest BCUT2D eigenvalue weighted by Crippen LogP contribution is -2.08. The van der Waals surface area contributed by atoms with Crippen molar-refractivity contribution in [3.63, 3.8) is 0 Å². The molecule has 9 heteroatoms. The van der Waals surface area contributed by atoms with Crippen molar-refractivity contribution < 1.29 is 9.23 Å². The number of oxime groups is 1. The van der Waals surface area contributed by atoms with Crippen LogP contribution in [-0.4, -0.2) is 39.6 Å². The van der Waals surface area contributed by atoms with Gasteiger partial charge in [0.25, 0.3) is 0 Å². The Hall–Kier alpha value is -4.01. The lowest BCUT2D eigenvalue weighted by molar-refractivity contribution is 0.215. The molecule has 2 aromatic carbocycles. The van der Waals surface area contributed by atoms with Gasteiger partial charge in [0.05, 0.1) is 30.0 Å². The minimum absolute atomic E-state index is 0.255. The van der Waals surface area contributed by atoms with Crippen molar-refractivity contribution in [2.45, 2.75) is 13.5 Å². The van der Waals surface area contributed by atoms with Gasteiger partial charge < -0.3 is 15.5 Å². The van der Waals surface area contributed by atoms with Crippen molar-refractivity contribution in [2.75, 3.05) is 24.3 Å². The molecule has 0 aliphatic carbocycles. The van der Waals surface area contributed by atoms with Crippen LogP contribution in [0.4, 0.5) is 21.7 Å². The van der Waals surface area contributed by atoms with Gasteiger partial charge in [-0.15, -0.1) is 0 Å². The summed E-state index contributed by atoms with van der Waals surface area (Å²) in [7, 11) is 1.48. The molecule has 0 spiro atoms. The number of anilines is 3. The monoisotopic (exact) mass is 419 g/mol. The molecule has 0 aliphatic heterocycles. The average molecular weight is 419 g/mol. The topological polar surface area (TPSA) is 89.2 Å². The summed E-state index contributed by atoms with van der Waals surface area (Å²) in [5, 5.41) is 15.8. The van der Waals surface area contributed by atoms with Crippen molar-refractivity contribution in [1.29, 1.82) is 0 Å². The van der Waals surface area contributed by atoms with Crippen LogP contribution >= 0.6 is 0 Å². The highest BCUT2D eigenvalue weighted by Crippen LogP contribution is 2.25. The molecule has 0 radical (unpaired) electrons. The maximum atomic E-state index is 13.5. The van der Waals surface area contributed by atoms with Gasteiger partial charge >= 0.3 is 0 Å². The number of hydrogen-bond acceptors (Lipinski definition) is 7. The van der Waals surface area contributed by atoms with Gasteiger partial charge in [0.1, 0.15) is 30.9 Å². The van der Waals surface area contributed by atoms with Crippen LogP contribution in [0.15, 0.2) is 60.1 Å². The summed E-state index contributed by atoms with van der Waals surface area (Å²) in [5.74, 6) is 0.998. The van der Waals surface area contributed by atoms with Crippen LogP contribution in [0.3, 0.4) is 0 Å². The van der Waals surface area contributed by atoms with Crippen LogP contribution in [0.5, 0.6) is 0 Å². The van der Waals surface area contributed by atoms with E-state index in [2.05, 4.69) is 30.9 Å². The number of halogens is 1. The molecule has 4 aromatic rings. The quantitative estimate of drug-likeness (QED) is 0.329. The Morgan fingerprint density at radius 2 is 2.03 bits per heavy atom. The maximum Gasteiger partial charge on any atom is 0.144 e. The third-order valence-corrected chi connectivity index (χ3v) is 4.64. The molecule has 4 rings (SSSR count). The summed E-state index contributed by atoms with van der Waals surface area (Å²) in [5.41, 5.74) is 3.33. The Labute approximate surface area is 178 Å². The van der Waals surface area contributed by atoms with E-state index in [0.29, 0.717) is 30.3 Å². The van der Waals surface area contributed by atoms with Gasteiger partial charge in [-0.25, -0.2) is 14.4 Å². The summed E-state index contributed by atoms with van der Waals surface area (Å²) in [6, 6.07) is 12.4. The summed E-state index contributed by atoms with van der Waals surface area (Å²) >= 11 is 0. The van der Waals surface area contributed by atoms with Gasteiger partial charge in [-0.2, -0.15) is 5.10 Å². The molecule has 0 saturated carbocycles. The Morgan fingerprint density at radius 1 is 1.16 bits per heavy atom. The molecule has 158 valence electrons. The molecule has 0 atom stereocenters. The minimum Gasteiger partial charge on any atom is -0.399 e. The molecule has 8 nitrogen and oxygen atoms in total. The number of rotatable bonds is 8. The molecule has 2 heterocycles. The SMILES string of the molecule is CCNc1ncnc(Nc2ccc3c(cnn3Cc3cccc(F)c3)c2)c1C=NOC. The number of nitrogens with zero attached hydrogens (tertiary/aromatic N) is 5. The zero-order chi connectivity index (χ0) is 21.6. The highest BCUT2D eigenvalue weighted by molar-refractivity contribution is 5.93. The predicted molar refractivity (Wildman–Crippen MR) is 119 cm³/mol. The van der Waals surface area contributed by atoms with Gasteiger partial charge in [-0.05, 0) is 42.8 Å². The van der Waals surface area contributed by atoms with Crippen LogP contribution < -0.4 is 10.6 Å². The Kier molecular flexibility index (Phi) is 6.02. The van der Waals surface area contributed by atoms with E-state index in [1.807, 2.05) is 35.9 Å². The third kappa shape index (κ3) is 4.61. The lowest BCUT2D eigenvalue weighted by atomic mass is 10.2. The van der Waals surface area contributed by atoms with Crippen molar-refractivity contribution in [2.24, 2.45) is 5.16 Å². The first-order chi connectivity index (χ1) is 15.2. The van der Waals surface area contributed by atoms with E-state index in [1.165, 1.54) is 25.6 Å². The van der Waals surface area contributed by atoms with E-state index in [1.54, 1.807) is 18.5 Å². The van der Waals surface area contributed by atoms with E-state index >= 15 is 0 Å². The van der Waals surface area contributed by atoms with Crippen LogP contribution in [-0.2, 0) is 11.4 Å². The standard InChI is InChI=1S/C22H22FN7O/c1-3-24-21-19(12-28-31-2)22(26-14-25-21)29-18-7-8-20-16(10-18)11-27-30(20)13-15-5-4-6-17(23)9-15/h4-12,14H,3,13H2,1-2H3,(H2,24,25,26,29). The van der Waals surface area contributed by atoms with Gasteiger partial charge in [0.15, 0.2) is 0 Å². The first kappa shape index (κ1) is 20.3. The fourth-order valence-corrected chi connectivity index (χ4v) is 3.27. The molecule has 0 amide bonds. The highest BCUT2D eigenvalue weighted by Gasteiger charge is 2.11. The summed E-state index contributed by atoms with van der Waals surface area (Å²) in [6.45, 7) is 3.19. The molecular formula is C22H22FN7O. The highest BCUT2D eigenvalue weighted by atomic mass is 19.1. The van der Waals surface area contributed by atoms with E-state index in [-0.39, 0.29) is 5.82 Å². The van der Waals surface area contributed by atoms with Crippen LogP contribution in [0, 0.1) is 5.82 Å². The van der Waals surface area contributed by atoms with Crippen LogP contribution in [0.2, 0.25) is 0 Å². The maximum absolute atomic E-state index is 13.5.